The molecule has 0 aliphatic heterocycles. The number of amides is 1. The Bertz CT molecular complexity index is 686. The van der Waals surface area contributed by atoms with Crippen LogP contribution in [-0.2, 0) is 0 Å². The van der Waals surface area contributed by atoms with Gasteiger partial charge in [0.05, 0.1) is 6.04 Å². The zero-order chi connectivity index (χ0) is 15.6. The summed E-state index contributed by atoms with van der Waals surface area (Å²) in [5, 5.41) is 3.03. The van der Waals surface area contributed by atoms with Crippen molar-refractivity contribution in [1.29, 1.82) is 0 Å². The zero-order valence-corrected chi connectivity index (χ0v) is 11.8. The summed E-state index contributed by atoms with van der Waals surface area (Å²) in [5.74, 6) is -1.51. The molecule has 0 aliphatic carbocycles. The lowest BCUT2D eigenvalue weighted by Crippen LogP contribution is -2.14. The standard InChI is InChI=1S/C16H16F2N2O/c1-9-3-5-12(8-13(9)16(19)21)20-10(2)14-7-11(17)4-6-15(14)18/h3-8,10,20H,1-2H3,(H2,19,21)/t10-/m1/s1. The highest BCUT2D eigenvalue weighted by molar-refractivity contribution is 5.95. The first-order valence-corrected chi connectivity index (χ1v) is 6.50. The number of carbonyl (C=O) groups excluding carboxylic acids is 1. The van der Waals surface area contributed by atoms with Gasteiger partial charge in [0, 0.05) is 16.8 Å². The fraction of sp³-hybridized carbons (Fsp3) is 0.188. The summed E-state index contributed by atoms with van der Waals surface area (Å²) in [6, 6.07) is 7.97. The number of nitrogens with one attached hydrogen (secondary N) is 1. The highest BCUT2D eigenvalue weighted by Crippen LogP contribution is 2.24. The highest BCUT2D eigenvalue weighted by Gasteiger charge is 2.13. The summed E-state index contributed by atoms with van der Waals surface area (Å²) in [4.78, 5) is 11.3. The molecule has 2 rings (SSSR count). The maximum absolute atomic E-state index is 13.7. The molecule has 2 aromatic carbocycles. The van der Waals surface area contributed by atoms with E-state index < -0.39 is 23.6 Å². The summed E-state index contributed by atoms with van der Waals surface area (Å²) in [6.07, 6.45) is 0. The van der Waals surface area contributed by atoms with Gasteiger partial charge in [-0.15, -0.1) is 0 Å². The number of hydrogen-bond acceptors (Lipinski definition) is 2. The van der Waals surface area contributed by atoms with E-state index >= 15 is 0 Å². The van der Waals surface area contributed by atoms with E-state index in [0.29, 0.717) is 11.3 Å². The number of halogens is 2. The lowest BCUT2D eigenvalue weighted by Gasteiger charge is -2.17. The molecule has 3 N–H and O–H groups in total. The van der Waals surface area contributed by atoms with Crippen LogP contribution in [0.3, 0.4) is 0 Å². The van der Waals surface area contributed by atoms with Crippen LogP contribution in [0.4, 0.5) is 14.5 Å². The van der Waals surface area contributed by atoms with Crippen LogP contribution in [0.15, 0.2) is 36.4 Å². The van der Waals surface area contributed by atoms with E-state index in [-0.39, 0.29) is 5.56 Å². The van der Waals surface area contributed by atoms with E-state index in [1.54, 1.807) is 32.0 Å². The van der Waals surface area contributed by atoms with Gasteiger partial charge < -0.3 is 11.1 Å². The van der Waals surface area contributed by atoms with Crippen molar-refractivity contribution in [3.63, 3.8) is 0 Å². The lowest BCUT2D eigenvalue weighted by molar-refractivity contribution is 0.0999. The van der Waals surface area contributed by atoms with Crippen LogP contribution in [0.25, 0.3) is 0 Å². The van der Waals surface area contributed by atoms with Crippen molar-refractivity contribution in [2.75, 3.05) is 5.32 Å². The molecule has 0 saturated heterocycles. The molecule has 110 valence electrons. The van der Waals surface area contributed by atoms with Gasteiger partial charge in [-0.3, -0.25) is 4.79 Å². The number of primary amides is 1. The summed E-state index contributed by atoms with van der Waals surface area (Å²) >= 11 is 0. The first-order valence-electron chi connectivity index (χ1n) is 6.50. The third-order valence-electron chi connectivity index (χ3n) is 3.31. The van der Waals surface area contributed by atoms with Crippen molar-refractivity contribution in [3.05, 3.63) is 64.7 Å². The molecular formula is C16H16F2N2O. The van der Waals surface area contributed by atoms with Gasteiger partial charge in [-0.2, -0.15) is 0 Å². The van der Waals surface area contributed by atoms with Crippen LogP contribution in [-0.4, -0.2) is 5.91 Å². The first kappa shape index (κ1) is 15.0. The molecular weight excluding hydrogens is 274 g/mol. The Morgan fingerprint density at radius 1 is 1.19 bits per heavy atom. The number of carbonyl (C=O) groups is 1. The Balaban J connectivity index is 2.27. The van der Waals surface area contributed by atoms with Crippen molar-refractivity contribution in [2.45, 2.75) is 19.9 Å². The second kappa shape index (κ2) is 5.91. The molecule has 2 aromatic rings. The smallest absolute Gasteiger partial charge is 0.249 e. The monoisotopic (exact) mass is 290 g/mol. The number of nitrogens with two attached hydrogens (primary N) is 1. The van der Waals surface area contributed by atoms with Crippen LogP contribution in [0.5, 0.6) is 0 Å². The molecule has 0 bridgehead atoms. The Morgan fingerprint density at radius 2 is 1.90 bits per heavy atom. The summed E-state index contributed by atoms with van der Waals surface area (Å²) < 4.78 is 26.9. The van der Waals surface area contributed by atoms with E-state index in [2.05, 4.69) is 5.32 Å². The first-order chi connectivity index (χ1) is 9.88. The Hall–Kier alpha value is -2.43. The number of aryl methyl sites for hydroxylation is 1. The molecule has 0 aliphatic rings. The number of anilines is 1. The molecule has 21 heavy (non-hydrogen) atoms. The molecule has 0 spiro atoms. The molecule has 0 radical (unpaired) electrons. The molecule has 3 nitrogen and oxygen atoms in total. The predicted octanol–water partition coefficient (Wildman–Crippen LogP) is 3.55. The van der Waals surface area contributed by atoms with Gasteiger partial charge in [0.2, 0.25) is 5.91 Å². The second-order valence-corrected chi connectivity index (χ2v) is 4.93. The van der Waals surface area contributed by atoms with E-state index in [4.69, 9.17) is 5.73 Å². The van der Waals surface area contributed by atoms with E-state index in [1.807, 2.05) is 0 Å². The van der Waals surface area contributed by atoms with E-state index in [1.165, 1.54) is 0 Å². The normalized spacial score (nSPS) is 12.0. The van der Waals surface area contributed by atoms with E-state index in [9.17, 15) is 13.6 Å². The third-order valence-corrected chi connectivity index (χ3v) is 3.31. The van der Waals surface area contributed by atoms with Crippen molar-refractivity contribution in [3.8, 4) is 0 Å². The molecule has 0 saturated carbocycles. The second-order valence-electron chi connectivity index (χ2n) is 4.93. The summed E-state index contributed by atoms with van der Waals surface area (Å²) in [6.45, 7) is 3.49. The van der Waals surface area contributed by atoms with Crippen molar-refractivity contribution < 1.29 is 13.6 Å². The molecule has 0 heterocycles. The zero-order valence-electron chi connectivity index (χ0n) is 11.8. The number of hydrogen-bond donors (Lipinski definition) is 2. The quantitative estimate of drug-likeness (QED) is 0.904. The van der Waals surface area contributed by atoms with Gasteiger partial charge in [-0.05, 0) is 49.7 Å². The average Bonchev–Trinajstić information content (AvgIpc) is 2.43. The minimum absolute atomic E-state index is 0.219. The topological polar surface area (TPSA) is 55.1 Å². The Labute approximate surface area is 121 Å². The predicted molar refractivity (Wildman–Crippen MR) is 78.1 cm³/mol. The number of benzene rings is 2. The van der Waals surface area contributed by atoms with Gasteiger partial charge in [-0.25, -0.2) is 8.78 Å². The fourth-order valence-electron chi connectivity index (χ4n) is 2.15. The van der Waals surface area contributed by atoms with Crippen molar-refractivity contribution >= 4 is 11.6 Å². The van der Waals surface area contributed by atoms with Crippen molar-refractivity contribution in [2.24, 2.45) is 5.73 Å². The van der Waals surface area contributed by atoms with E-state index in [0.717, 1.165) is 23.8 Å². The minimum Gasteiger partial charge on any atom is -0.378 e. The van der Waals surface area contributed by atoms with Gasteiger partial charge >= 0.3 is 0 Å². The Morgan fingerprint density at radius 3 is 2.57 bits per heavy atom. The summed E-state index contributed by atoms with van der Waals surface area (Å²) in [7, 11) is 0. The van der Waals surface area contributed by atoms with Crippen LogP contribution in [0.1, 0.15) is 34.5 Å². The van der Waals surface area contributed by atoms with Crippen LogP contribution < -0.4 is 11.1 Å². The SMILES string of the molecule is Cc1ccc(N[C@H](C)c2cc(F)ccc2F)cc1C(N)=O. The third kappa shape index (κ3) is 3.37. The van der Waals surface area contributed by atoms with Crippen LogP contribution >= 0.6 is 0 Å². The lowest BCUT2D eigenvalue weighted by atomic mass is 10.0. The maximum atomic E-state index is 13.7. The molecule has 1 amide bonds. The fourth-order valence-corrected chi connectivity index (χ4v) is 2.15. The molecule has 0 aromatic heterocycles. The average molecular weight is 290 g/mol. The highest BCUT2D eigenvalue weighted by atomic mass is 19.1. The largest absolute Gasteiger partial charge is 0.378 e. The van der Waals surface area contributed by atoms with Gasteiger partial charge in [0.25, 0.3) is 0 Å². The van der Waals surface area contributed by atoms with Gasteiger partial charge in [0.15, 0.2) is 0 Å². The van der Waals surface area contributed by atoms with Gasteiger partial charge in [0.1, 0.15) is 11.6 Å². The molecule has 0 fully saturated rings. The van der Waals surface area contributed by atoms with Crippen LogP contribution in [0, 0.1) is 18.6 Å². The van der Waals surface area contributed by atoms with Gasteiger partial charge in [-0.1, -0.05) is 6.07 Å². The summed E-state index contributed by atoms with van der Waals surface area (Å²) in [5.41, 5.74) is 7.29. The Kier molecular flexibility index (Phi) is 4.21. The van der Waals surface area contributed by atoms with Crippen LogP contribution in [0.2, 0.25) is 0 Å². The van der Waals surface area contributed by atoms with Crippen molar-refractivity contribution in [1.82, 2.24) is 0 Å². The number of rotatable bonds is 4. The molecule has 5 heteroatoms. The minimum atomic E-state index is -0.527. The maximum Gasteiger partial charge on any atom is 0.249 e. The molecule has 0 unspecified atom stereocenters. The molecule has 1 atom stereocenters.